The van der Waals surface area contributed by atoms with Crippen LogP contribution in [-0.4, -0.2) is 43.1 Å². The van der Waals surface area contributed by atoms with Gasteiger partial charge < -0.3 is 15.5 Å². The van der Waals surface area contributed by atoms with Gasteiger partial charge in [-0.3, -0.25) is 4.98 Å². The van der Waals surface area contributed by atoms with Crippen LogP contribution in [0.15, 0.2) is 18.3 Å². The van der Waals surface area contributed by atoms with Crippen LogP contribution in [0.4, 0.5) is 5.69 Å². The Morgan fingerprint density at radius 3 is 2.37 bits per heavy atom. The van der Waals surface area contributed by atoms with Crippen LogP contribution in [0, 0.1) is 0 Å². The molecule has 2 N–H and O–H groups in total. The number of nitrogens with zero attached hydrogens (tertiary/aromatic N) is 3. The lowest BCUT2D eigenvalue weighted by Crippen LogP contribution is -2.56. The van der Waals surface area contributed by atoms with Gasteiger partial charge in [-0.15, -0.1) is 0 Å². The minimum atomic E-state index is -0.000828. The van der Waals surface area contributed by atoms with Gasteiger partial charge >= 0.3 is 0 Å². The first kappa shape index (κ1) is 14.3. The molecule has 1 saturated carbocycles. The number of rotatable bonds is 5. The maximum atomic E-state index is 5.83. The number of hydrogen-bond acceptors (Lipinski definition) is 4. The summed E-state index contributed by atoms with van der Waals surface area (Å²) in [5.74, 6) is 0. The van der Waals surface area contributed by atoms with E-state index in [1.54, 1.807) is 0 Å². The predicted molar refractivity (Wildman–Crippen MR) is 80.4 cm³/mol. The molecule has 0 unspecified atom stereocenters. The van der Waals surface area contributed by atoms with Crippen molar-refractivity contribution in [3.63, 3.8) is 0 Å². The number of anilines is 1. The zero-order valence-electron chi connectivity index (χ0n) is 12.6. The molecule has 0 aromatic carbocycles. The lowest BCUT2D eigenvalue weighted by atomic mass is 9.75. The van der Waals surface area contributed by atoms with E-state index in [1.165, 1.54) is 19.3 Å². The average Bonchev–Trinajstić information content (AvgIpc) is 2.33. The van der Waals surface area contributed by atoms with Crippen molar-refractivity contribution in [3.8, 4) is 0 Å². The smallest absolute Gasteiger partial charge is 0.0569 e. The molecule has 19 heavy (non-hydrogen) atoms. The summed E-state index contributed by atoms with van der Waals surface area (Å²) in [6.45, 7) is 3.01. The number of pyridine rings is 1. The Bertz CT molecular complexity index is 407. The summed E-state index contributed by atoms with van der Waals surface area (Å²) in [6.07, 6.45) is 5.85. The van der Waals surface area contributed by atoms with Crippen molar-refractivity contribution in [3.05, 3.63) is 24.0 Å². The summed E-state index contributed by atoms with van der Waals surface area (Å²) < 4.78 is 0. The standard InChI is InChI=1S/C15H26N4/c1-12(16)14-7-6-13(10-17-14)19(4)11-15(18(2)3)8-5-9-15/h6-7,10,12H,5,8-9,11,16H2,1-4H3/t12-/m0/s1. The lowest BCUT2D eigenvalue weighted by molar-refractivity contribution is 0.0683. The first-order valence-electron chi connectivity index (χ1n) is 7.05. The molecule has 0 aliphatic heterocycles. The molecule has 0 amide bonds. The van der Waals surface area contributed by atoms with Gasteiger partial charge in [-0.2, -0.15) is 0 Å². The predicted octanol–water partition coefficient (Wildman–Crippen LogP) is 2.02. The number of hydrogen-bond donors (Lipinski definition) is 1. The molecule has 0 spiro atoms. The molecule has 4 heteroatoms. The van der Waals surface area contributed by atoms with Crippen molar-refractivity contribution in [2.45, 2.75) is 37.8 Å². The van der Waals surface area contributed by atoms with Crippen molar-refractivity contribution in [1.29, 1.82) is 0 Å². The molecule has 0 saturated heterocycles. The molecular formula is C15H26N4. The molecule has 106 valence electrons. The Labute approximate surface area is 116 Å². The summed E-state index contributed by atoms with van der Waals surface area (Å²) in [4.78, 5) is 9.11. The van der Waals surface area contributed by atoms with Crippen molar-refractivity contribution in [1.82, 2.24) is 9.88 Å². The quantitative estimate of drug-likeness (QED) is 0.882. The average molecular weight is 262 g/mol. The molecule has 0 bridgehead atoms. The van der Waals surface area contributed by atoms with Crippen molar-refractivity contribution in [2.24, 2.45) is 5.73 Å². The van der Waals surface area contributed by atoms with Gasteiger partial charge in [0, 0.05) is 25.2 Å². The van der Waals surface area contributed by atoms with E-state index in [0.29, 0.717) is 5.54 Å². The van der Waals surface area contributed by atoms with Crippen molar-refractivity contribution in [2.75, 3.05) is 32.6 Å². The van der Waals surface area contributed by atoms with Gasteiger partial charge in [-0.05, 0) is 52.4 Å². The molecule has 1 fully saturated rings. The van der Waals surface area contributed by atoms with Gasteiger partial charge in [0.15, 0.2) is 0 Å². The fourth-order valence-corrected chi connectivity index (χ4v) is 2.76. The highest BCUT2D eigenvalue weighted by molar-refractivity contribution is 5.44. The van der Waals surface area contributed by atoms with Crippen LogP contribution in [0.3, 0.4) is 0 Å². The molecule has 4 nitrogen and oxygen atoms in total. The first-order chi connectivity index (χ1) is 8.94. The molecule has 1 aliphatic rings. The SMILES string of the molecule is C[C@H](N)c1ccc(N(C)CC2(N(C)C)CCC2)cn1. The van der Waals surface area contributed by atoms with Crippen LogP contribution in [0.25, 0.3) is 0 Å². The van der Waals surface area contributed by atoms with Gasteiger partial charge in [-0.1, -0.05) is 0 Å². The maximum absolute atomic E-state index is 5.83. The Kier molecular flexibility index (Phi) is 4.11. The van der Waals surface area contributed by atoms with Crippen LogP contribution < -0.4 is 10.6 Å². The molecule has 1 aromatic heterocycles. The van der Waals surface area contributed by atoms with Gasteiger partial charge in [0.25, 0.3) is 0 Å². The molecule has 1 heterocycles. The Hall–Kier alpha value is -1.13. The Morgan fingerprint density at radius 1 is 1.32 bits per heavy atom. The second-order valence-corrected chi connectivity index (χ2v) is 6.06. The van der Waals surface area contributed by atoms with Crippen LogP contribution in [0.2, 0.25) is 0 Å². The van der Waals surface area contributed by atoms with E-state index in [0.717, 1.165) is 17.9 Å². The van der Waals surface area contributed by atoms with E-state index < -0.39 is 0 Å². The highest BCUT2D eigenvalue weighted by atomic mass is 15.2. The zero-order valence-corrected chi connectivity index (χ0v) is 12.6. The Morgan fingerprint density at radius 2 is 2.00 bits per heavy atom. The Balaban J connectivity index is 2.05. The van der Waals surface area contributed by atoms with Gasteiger partial charge in [-0.25, -0.2) is 0 Å². The fourth-order valence-electron chi connectivity index (χ4n) is 2.76. The summed E-state index contributed by atoms with van der Waals surface area (Å²) >= 11 is 0. The third-order valence-electron chi connectivity index (χ3n) is 4.44. The third-order valence-corrected chi connectivity index (χ3v) is 4.44. The lowest BCUT2D eigenvalue weighted by Gasteiger charge is -2.49. The van der Waals surface area contributed by atoms with Gasteiger partial charge in [0.2, 0.25) is 0 Å². The highest BCUT2D eigenvalue weighted by Gasteiger charge is 2.39. The minimum Gasteiger partial charge on any atom is -0.371 e. The van der Waals surface area contributed by atoms with E-state index in [-0.39, 0.29) is 6.04 Å². The summed E-state index contributed by atoms with van der Waals surface area (Å²) in [7, 11) is 6.51. The largest absolute Gasteiger partial charge is 0.371 e. The third kappa shape index (κ3) is 2.90. The van der Waals surface area contributed by atoms with E-state index in [4.69, 9.17) is 5.73 Å². The number of aromatic nitrogens is 1. The summed E-state index contributed by atoms with van der Waals surface area (Å²) in [5.41, 5.74) is 8.28. The molecule has 1 aromatic rings. The molecule has 1 aliphatic carbocycles. The molecular weight excluding hydrogens is 236 g/mol. The molecule has 0 radical (unpaired) electrons. The molecule has 1 atom stereocenters. The van der Waals surface area contributed by atoms with E-state index >= 15 is 0 Å². The van der Waals surface area contributed by atoms with E-state index in [1.807, 2.05) is 19.2 Å². The topological polar surface area (TPSA) is 45.4 Å². The summed E-state index contributed by atoms with van der Waals surface area (Å²) in [6, 6.07) is 4.15. The fraction of sp³-hybridized carbons (Fsp3) is 0.667. The molecule has 2 rings (SSSR count). The van der Waals surface area contributed by atoms with Crippen LogP contribution in [-0.2, 0) is 0 Å². The van der Waals surface area contributed by atoms with Gasteiger partial charge in [0.1, 0.15) is 0 Å². The van der Waals surface area contributed by atoms with E-state index in [2.05, 4.69) is 42.0 Å². The van der Waals surface area contributed by atoms with E-state index in [9.17, 15) is 0 Å². The highest BCUT2D eigenvalue weighted by Crippen LogP contribution is 2.37. The second kappa shape index (κ2) is 5.47. The minimum absolute atomic E-state index is 0.000828. The zero-order chi connectivity index (χ0) is 14.0. The van der Waals surface area contributed by atoms with Crippen LogP contribution in [0.5, 0.6) is 0 Å². The number of likely N-dealkylation sites (N-methyl/N-ethyl adjacent to an activating group) is 2. The first-order valence-corrected chi connectivity index (χ1v) is 7.05. The second-order valence-electron chi connectivity index (χ2n) is 6.06. The van der Waals surface area contributed by atoms with Gasteiger partial charge in [0.05, 0.1) is 17.6 Å². The van der Waals surface area contributed by atoms with Crippen LogP contribution >= 0.6 is 0 Å². The van der Waals surface area contributed by atoms with Crippen molar-refractivity contribution >= 4 is 5.69 Å². The normalized spacial score (nSPS) is 19.1. The summed E-state index contributed by atoms with van der Waals surface area (Å²) in [5, 5.41) is 0. The van der Waals surface area contributed by atoms with Crippen LogP contribution in [0.1, 0.15) is 37.9 Å². The maximum Gasteiger partial charge on any atom is 0.0569 e. The van der Waals surface area contributed by atoms with Crippen molar-refractivity contribution < 1.29 is 0 Å². The monoisotopic (exact) mass is 262 g/mol. The number of nitrogens with two attached hydrogens (primary N) is 1.